The minimum Gasteiger partial charge on any atom is -0.453 e. The number of carbonyl (C=O) groups excluding carboxylic acids is 4. The van der Waals surface area contributed by atoms with E-state index in [0.717, 1.165) is 81.1 Å². The maximum atomic E-state index is 13.9. The monoisotopic (exact) mass is 858 g/mol. The molecule has 3 aliphatic rings. The molecule has 64 heavy (non-hydrogen) atoms. The highest BCUT2D eigenvalue weighted by Crippen LogP contribution is 2.40. The van der Waals surface area contributed by atoms with Gasteiger partial charge in [0.1, 0.15) is 23.5 Å². The third kappa shape index (κ3) is 7.64. The smallest absolute Gasteiger partial charge is 0.407 e. The second kappa shape index (κ2) is 16.9. The standard InChI is InChI=1S/C48H46N10O6/c1-63-47(61)55-34-17-14-30-18-20-57-26-32(22-40(59)41(34)43(30)57)44-50-24-37(53-44)28-12-10-27(11-13-28)36-23-49-35-21-31(15-16-33(35)52-36)38-25-51-45(54-38)39-9-6-19-58(39)46(60)42(56-48(62)64-2)29-7-4-3-5-8-29/h3-5,7-8,10-13,15-16,18,20-21,23-25,32,34,39,41-42H,6,9,14,17,19,22,26H2,1-2H3,(H,50,53)(H,51,54)(H,55,61)(H,56,62)/t32-,34-,39-,41?,42+/m0/s1. The zero-order valence-electron chi connectivity index (χ0n) is 35.3. The predicted octanol–water partition coefficient (Wildman–Crippen LogP) is 7.15. The molecule has 5 atom stereocenters. The molecular weight excluding hydrogens is 813 g/mol. The van der Waals surface area contributed by atoms with Crippen LogP contribution in [0.4, 0.5) is 9.59 Å². The normalized spacial score (nSPS) is 19.7. The van der Waals surface area contributed by atoms with Crippen LogP contribution in [0.5, 0.6) is 0 Å². The van der Waals surface area contributed by atoms with Gasteiger partial charge in [-0.15, -0.1) is 0 Å². The molecule has 1 unspecified atom stereocenters. The summed E-state index contributed by atoms with van der Waals surface area (Å²) in [4.78, 5) is 80.1. The number of nitrogens with one attached hydrogen (secondary N) is 4. The van der Waals surface area contributed by atoms with Crippen LogP contribution < -0.4 is 10.6 Å². The Morgan fingerprint density at radius 2 is 1.53 bits per heavy atom. The number of ketones is 1. The number of Topliss-reactive ketones (excluding diaryl/α,β-unsaturated/α-hetero) is 1. The number of ether oxygens (including phenoxy) is 2. The number of carbonyl (C=O) groups is 4. The fourth-order valence-electron chi connectivity index (χ4n) is 9.62. The van der Waals surface area contributed by atoms with Gasteiger partial charge in [-0.3, -0.25) is 14.6 Å². The van der Waals surface area contributed by atoms with E-state index in [2.05, 4.69) is 31.2 Å². The van der Waals surface area contributed by atoms with Gasteiger partial charge in [0.2, 0.25) is 0 Å². The number of benzene rings is 3. The molecule has 16 heteroatoms. The van der Waals surface area contributed by atoms with Gasteiger partial charge in [0.05, 0.1) is 72.9 Å². The summed E-state index contributed by atoms with van der Waals surface area (Å²) in [5.74, 6) is 0.687. The number of hydrogen-bond donors (Lipinski definition) is 4. The summed E-state index contributed by atoms with van der Waals surface area (Å²) >= 11 is 0. The fourth-order valence-corrected chi connectivity index (χ4v) is 9.62. The molecule has 7 aromatic rings. The number of alkyl carbamates (subject to hydrolysis) is 2. The van der Waals surface area contributed by atoms with Gasteiger partial charge in [-0.2, -0.15) is 0 Å². The predicted molar refractivity (Wildman–Crippen MR) is 236 cm³/mol. The molecule has 3 aromatic carbocycles. The van der Waals surface area contributed by atoms with E-state index in [0.29, 0.717) is 37.3 Å². The Balaban J connectivity index is 0.820. The van der Waals surface area contributed by atoms with Crippen molar-refractivity contribution in [3.05, 3.63) is 132 Å². The molecular formula is C48H46N10O6. The van der Waals surface area contributed by atoms with Crippen molar-refractivity contribution in [2.45, 2.75) is 68.6 Å². The van der Waals surface area contributed by atoms with E-state index in [4.69, 9.17) is 29.4 Å². The first-order valence-electron chi connectivity index (χ1n) is 21.5. The number of likely N-dealkylation sites (tertiary alicyclic amines) is 1. The third-order valence-electron chi connectivity index (χ3n) is 12.8. The van der Waals surface area contributed by atoms with Gasteiger partial charge in [-0.1, -0.05) is 60.7 Å². The molecule has 4 N–H and O–H groups in total. The highest BCUT2D eigenvalue weighted by Gasteiger charge is 2.42. The summed E-state index contributed by atoms with van der Waals surface area (Å²) in [6.45, 7) is 1.14. The first-order valence-corrected chi connectivity index (χ1v) is 21.5. The summed E-state index contributed by atoms with van der Waals surface area (Å²) in [5.41, 5.74) is 9.36. The molecule has 0 saturated carbocycles. The maximum absolute atomic E-state index is 13.9. The average Bonchev–Trinajstić information content (AvgIpc) is 4.17. The van der Waals surface area contributed by atoms with Crippen LogP contribution in [-0.2, 0) is 32.0 Å². The van der Waals surface area contributed by atoms with E-state index in [1.807, 2.05) is 85.2 Å². The molecule has 3 amide bonds. The lowest BCUT2D eigenvalue weighted by Crippen LogP contribution is -2.44. The average molecular weight is 859 g/mol. The molecule has 1 aliphatic carbocycles. The van der Waals surface area contributed by atoms with Crippen LogP contribution in [0.2, 0.25) is 0 Å². The number of hydrogen-bond acceptors (Lipinski definition) is 10. The molecule has 1 saturated heterocycles. The van der Waals surface area contributed by atoms with Crippen molar-refractivity contribution in [3.63, 3.8) is 0 Å². The lowest BCUT2D eigenvalue weighted by Gasteiger charge is -2.31. The van der Waals surface area contributed by atoms with Crippen LogP contribution in [0, 0.1) is 0 Å². The number of fused-ring (bicyclic) bond motifs is 1. The Morgan fingerprint density at radius 1 is 0.797 bits per heavy atom. The van der Waals surface area contributed by atoms with Crippen molar-refractivity contribution >= 4 is 34.9 Å². The molecule has 6 heterocycles. The van der Waals surface area contributed by atoms with Gasteiger partial charge in [-0.25, -0.2) is 24.5 Å². The Bertz CT molecular complexity index is 2890. The van der Waals surface area contributed by atoms with Gasteiger partial charge < -0.3 is 39.5 Å². The largest absolute Gasteiger partial charge is 0.453 e. The van der Waals surface area contributed by atoms with Crippen molar-refractivity contribution in [2.24, 2.45) is 0 Å². The van der Waals surface area contributed by atoms with Crippen molar-refractivity contribution in [1.29, 1.82) is 0 Å². The van der Waals surface area contributed by atoms with Crippen molar-refractivity contribution < 1.29 is 28.7 Å². The lowest BCUT2D eigenvalue weighted by atomic mass is 9.79. The number of amides is 3. The SMILES string of the molecule is COC(=O)N[C@H]1CCc2ccn3c2C1C(=O)C[C@H](c1ncc(-c2ccc(-c4cnc5cc(-c6cnc([C@@H]7CCCN7C(=O)[C@H](NC(=O)OC)c7ccccc7)[nH]6)ccc5n4)cc2)[nH]1)C3. The summed E-state index contributed by atoms with van der Waals surface area (Å²) in [7, 11) is 2.61. The Labute approximate surface area is 367 Å². The van der Waals surface area contributed by atoms with Gasteiger partial charge in [0.15, 0.2) is 0 Å². The van der Waals surface area contributed by atoms with Crippen molar-refractivity contribution in [2.75, 3.05) is 20.8 Å². The van der Waals surface area contributed by atoms with Crippen LogP contribution in [0.25, 0.3) is 44.8 Å². The number of H-pyrrole nitrogens is 2. The summed E-state index contributed by atoms with van der Waals surface area (Å²) in [6.07, 6.45) is 9.48. The first kappa shape index (κ1) is 40.5. The highest BCUT2D eigenvalue weighted by molar-refractivity contribution is 5.89. The molecule has 0 radical (unpaired) electrons. The van der Waals surface area contributed by atoms with E-state index in [1.165, 1.54) is 14.2 Å². The Kier molecular flexibility index (Phi) is 10.7. The molecule has 2 aliphatic heterocycles. The molecule has 0 bridgehead atoms. The van der Waals surface area contributed by atoms with Crippen LogP contribution in [-0.4, -0.2) is 90.1 Å². The first-order chi connectivity index (χ1) is 31.2. The molecule has 1 fully saturated rings. The Morgan fingerprint density at radius 3 is 2.33 bits per heavy atom. The van der Waals surface area contributed by atoms with Crippen LogP contribution in [0.15, 0.2) is 104 Å². The molecule has 16 nitrogen and oxygen atoms in total. The fraction of sp³-hybridized carbons (Fsp3) is 0.292. The minimum absolute atomic E-state index is 0.0851. The van der Waals surface area contributed by atoms with Gasteiger partial charge in [0.25, 0.3) is 5.91 Å². The number of nitrogens with zero attached hydrogens (tertiary/aromatic N) is 6. The minimum atomic E-state index is -0.897. The zero-order chi connectivity index (χ0) is 43.9. The van der Waals surface area contributed by atoms with E-state index in [-0.39, 0.29) is 29.7 Å². The van der Waals surface area contributed by atoms with Gasteiger partial charge >= 0.3 is 12.2 Å². The molecule has 0 spiro atoms. The number of imidazole rings is 2. The van der Waals surface area contributed by atoms with E-state index >= 15 is 0 Å². The second-order valence-electron chi connectivity index (χ2n) is 16.6. The molecule has 4 aromatic heterocycles. The lowest BCUT2D eigenvalue weighted by molar-refractivity contribution is -0.134. The number of aromatic nitrogens is 7. The topological polar surface area (TPSA) is 202 Å². The summed E-state index contributed by atoms with van der Waals surface area (Å²) in [6, 6.07) is 23.7. The van der Waals surface area contributed by atoms with Gasteiger partial charge in [0, 0.05) is 54.5 Å². The number of rotatable bonds is 9. The number of aromatic amines is 2. The zero-order valence-corrected chi connectivity index (χ0v) is 35.3. The van der Waals surface area contributed by atoms with Crippen molar-refractivity contribution in [3.8, 4) is 33.8 Å². The van der Waals surface area contributed by atoms with Crippen LogP contribution in [0.1, 0.15) is 78.1 Å². The summed E-state index contributed by atoms with van der Waals surface area (Å²) < 4.78 is 11.9. The van der Waals surface area contributed by atoms with Crippen molar-refractivity contribution in [1.82, 2.24) is 50.0 Å². The maximum Gasteiger partial charge on any atom is 0.407 e. The van der Waals surface area contributed by atoms with E-state index in [9.17, 15) is 19.2 Å². The van der Waals surface area contributed by atoms with Crippen LogP contribution >= 0.6 is 0 Å². The molecule has 10 rings (SSSR count). The van der Waals surface area contributed by atoms with E-state index in [1.54, 1.807) is 17.3 Å². The highest BCUT2D eigenvalue weighted by atomic mass is 16.5. The van der Waals surface area contributed by atoms with Gasteiger partial charge in [-0.05, 0) is 60.6 Å². The third-order valence-corrected chi connectivity index (χ3v) is 12.8. The number of methoxy groups -OCH3 is 2. The van der Waals surface area contributed by atoms with E-state index < -0.39 is 24.1 Å². The summed E-state index contributed by atoms with van der Waals surface area (Å²) in [5, 5.41) is 5.62. The quantitative estimate of drug-likeness (QED) is 0.116. The molecule has 324 valence electrons. The number of aryl methyl sites for hydroxylation is 1. The second-order valence-corrected chi connectivity index (χ2v) is 16.6. The Hall–Kier alpha value is -7.62. The van der Waals surface area contributed by atoms with Crippen LogP contribution in [0.3, 0.4) is 0 Å².